The first-order valence-corrected chi connectivity index (χ1v) is 16.6. The number of carbonyl (C=O) groups excluding carboxylic acids is 4. The van der Waals surface area contributed by atoms with Gasteiger partial charge in [0.1, 0.15) is 17.6 Å². The summed E-state index contributed by atoms with van der Waals surface area (Å²) < 4.78 is 17.1. The predicted octanol–water partition coefficient (Wildman–Crippen LogP) is 4.44. The molecule has 2 heterocycles. The fourth-order valence-corrected chi connectivity index (χ4v) is 6.56. The molecule has 45 heavy (non-hydrogen) atoms. The third kappa shape index (κ3) is 8.99. The minimum atomic E-state index is -0.818. The number of aryl methyl sites for hydroxylation is 1. The number of piperazine rings is 1. The van der Waals surface area contributed by atoms with E-state index in [-0.39, 0.29) is 54.4 Å². The molecule has 2 aromatic rings. The third-order valence-corrected chi connectivity index (χ3v) is 9.30. The molecule has 2 N–H and O–H groups in total. The molecule has 1 aliphatic carbocycles. The number of hydrogen-bond acceptors (Lipinski definition) is 6. The number of carbonyl (C=O) groups is 4. The molecule has 1 aromatic heterocycles. The molecule has 3 amide bonds. The van der Waals surface area contributed by atoms with Crippen molar-refractivity contribution in [1.82, 2.24) is 24.9 Å². The van der Waals surface area contributed by atoms with Crippen molar-refractivity contribution in [3.63, 3.8) is 0 Å². The second-order valence-corrected chi connectivity index (χ2v) is 12.6. The fraction of sp³-hybridized carbons (Fsp3) is 0.618. The molecule has 0 unspecified atom stereocenters. The number of amides is 3. The summed E-state index contributed by atoms with van der Waals surface area (Å²) in [6, 6.07) is 5.73. The smallest absolute Gasteiger partial charge is 0.245 e. The highest BCUT2D eigenvalue weighted by molar-refractivity contribution is 6.00. The molecule has 246 valence electrons. The van der Waals surface area contributed by atoms with Crippen molar-refractivity contribution in [2.24, 2.45) is 11.8 Å². The van der Waals surface area contributed by atoms with E-state index in [2.05, 4.69) is 34.5 Å². The Balaban J connectivity index is 1.46. The number of Topliss-reactive ketones (excluding diaryl/α,β-unsaturated/α-hetero) is 1. The maximum atomic E-state index is 15.5. The Hall–Kier alpha value is -3.60. The number of hydrogen-bond donors (Lipinski definition) is 2. The molecule has 0 bridgehead atoms. The van der Waals surface area contributed by atoms with E-state index >= 15 is 4.39 Å². The molecule has 2 fully saturated rings. The molecule has 1 aliphatic heterocycles. The van der Waals surface area contributed by atoms with Crippen molar-refractivity contribution in [1.29, 1.82) is 0 Å². The van der Waals surface area contributed by atoms with Crippen LogP contribution in [-0.4, -0.2) is 81.3 Å². The Kier molecular flexibility index (Phi) is 12.3. The zero-order chi connectivity index (χ0) is 32.5. The highest BCUT2D eigenvalue weighted by Gasteiger charge is 2.33. The lowest BCUT2D eigenvalue weighted by Crippen LogP contribution is -2.56. The van der Waals surface area contributed by atoms with Gasteiger partial charge < -0.3 is 15.5 Å². The molecular weight excluding hydrogens is 575 g/mol. The number of anilines is 1. The van der Waals surface area contributed by atoms with Crippen LogP contribution in [0.1, 0.15) is 88.7 Å². The summed E-state index contributed by atoms with van der Waals surface area (Å²) in [5, 5.41) is 9.78. The van der Waals surface area contributed by atoms with Crippen LogP contribution < -0.4 is 10.6 Å². The maximum Gasteiger partial charge on any atom is 0.245 e. The summed E-state index contributed by atoms with van der Waals surface area (Å²) in [5.74, 6) is -2.11. The lowest BCUT2D eigenvalue weighted by Gasteiger charge is -2.38. The van der Waals surface area contributed by atoms with Gasteiger partial charge in [0.25, 0.3) is 0 Å². The van der Waals surface area contributed by atoms with Crippen LogP contribution in [-0.2, 0) is 27.3 Å². The number of benzene rings is 1. The zero-order valence-corrected chi connectivity index (χ0v) is 27.2. The molecule has 2 atom stereocenters. The SMILES string of the molecule is CCC(=O)N[C@H](Cc1ccc(NC(=O)[C@@H](CC(=O)c2ccnn2CC)C2CCCCC2)c(F)c1)C(=O)N1CCN(C(C)C)CC1. The first-order valence-electron chi connectivity index (χ1n) is 16.6. The maximum absolute atomic E-state index is 15.5. The molecule has 1 aromatic carbocycles. The molecule has 4 rings (SSSR count). The summed E-state index contributed by atoms with van der Waals surface area (Å²) in [6.07, 6.45) is 6.79. The second kappa shape index (κ2) is 16.1. The van der Waals surface area contributed by atoms with Crippen LogP contribution in [0, 0.1) is 17.7 Å². The highest BCUT2D eigenvalue weighted by atomic mass is 19.1. The van der Waals surface area contributed by atoms with Crippen LogP contribution in [0.4, 0.5) is 10.1 Å². The minimum Gasteiger partial charge on any atom is -0.344 e. The Morgan fingerprint density at radius 3 is 2.33 bits per heavy atom. The lowest BCUT2D eigenvalue weighted by atomic mass is 9.77. The quantitative estimate of drug-likeness (QED) is 0.319. The summed E-state index contributed by atoms with van der Waals surface area (Å²) in [6.45, 7) is 11.1. The van der Waals surface area contributed by atoms with Crippen molar-refractivity contribution in [2.45, 2.75) is 97.7 Å². The average Bonchev–Trinajstić information content (AvgIpc) is 3.54. The molecular formula is C34H49FN6O4. The fourth-order valence-electron chi connectivity index (χ4n) is 6.56. The minimum absolute atomic E-state index is 0.0286. The van der Waals surface area contributed by atoms with Gasteiger partial charge in [-0.05, 0) is 63.3 Å². The molecule has 1 saturated carbocycles. The first kappa shape index (κ1) is 34.3. The van der Waals surface area contributed by atoms with E-state index in [1.807, 2.05) is 6.92 Å². The van der Waals surface area contributed by atoms with E-state index in [1.54, 1.807) is 34.8 Å². The van der Waals surface area contributed by atoms with Gasteiger partial charge in [0, 0.05) is 70.1 Å². The zero-order valence-electron chi connectivity index (χ0n) is 27.2. The van der Waals surface area contributed by atoms with Gasteiger partial charge in [0.15, 0.2) is 5.78 Å². The number of nitrogens with zero attached hydrogens (tertiary/aromatic N) is 4. The van der Waals surface area contributed by atoms with Crippen molar-refractivity contribution >= 4 is 29.2 Å². The van der Waals surface area contributed by atoms with E-state index in [1.165, 1.54) is 12.1 Å². The van der Waals surface area contributed by atoms with Crippen molar-refractivity contribution in [3.05, 3.63) is 47.5 Å². The van der Waals surface area contributed by atoms with Crippen LogP contribution >= 0.6 is 0 Å². The van der Waals surface area contributed by atoms with Gasteiger partial charge in [-0.2, -0.15) is 5.10 Å². The standard InChI is InChI=1S/C34H49FN6O4/c1-5-32(43)37-29(34(45)40-18-16-39(17-19-40)23(3)4)21-24-12-13-28(27(35)20-24)38-33(44)26(25-10-8-7-9-11-25)22-31(42)30-14-15-36-41(30)6-2/h12-15,20,23,25-26,29H,5-11,16-19,21-22H2,1-4H3,(H,37,43)(H,38,44)/t26-,29+/m0/s1. The highest BCUT2D eigenvalue weighted by Crippen LogP contribution is 2.34. The van der Waals surface area contributed by atoms with E-state index in [9.17, 15) is 19.2 Å². The molecule has 11 heteroatoms. The molecule has 1 saturated heterocycles. The summed E-state index contributed by atoms with van der Waals surface area (Å²) in [7, 11) is 0. The van der Waals surface area contributed by atoms with Gasteiger partial charge in [-0.1, -0.05) is 32.3 Å². The third-order valence-electron chi connectivity index (χ3n) is 9.30. The Bertz CT molecular complexity index is 1330. The van der Waals surface area contributed by atoms with Crippen molar-refractivity contribution in [2.75, 3.05) is 31.5 Å². The predicted molar refractivity (Wildman–Crippen MR) is 171 cm³/mol. The number of nitrogens with one attached hydrogen (secondary N) is 2. The van der Waals surface area contributed by atoms with Gasteiger partial charge in [-0.15, -0.1) is 0 Å². The Morgan fingerprint density at radius 1 is 1.00 bits per heavy atom. The van der Waals surface area contributed by atoms with Crippen LogP contribution in [0.2, 0.25) is 0 Å². The lowest BCUT2D eigenvalue weighted by molar-refractivity contribution is -0.138. The number of halogens is 1. The van der Waals surface area contributed by atoms with E-state index < -0.39 is 17.8 Å². The van der Waals surface area contributed by atoms with Gasteiger partial charge in [-0.25, -0.2) is 4.39 Å². The second-order valence-electron chi connectivity index (χ2n) is 12.6. The summed E-state index contributed by atoms with van der Waals surface area (Å²) in [5.41, 5.74) is 1.04. The molecule has 0 spiro atoms. The number of ketones is 1. The van der Waals surface area contributed by atoms with Crippen LogP contribution in [0.25, 0.3) is 0 Å². The topological polar surface area (TPSA) is 117 Å². The van der Waals surface area contributed by atoms with E-state index in [0.717, 1.165) is 45.2 Å². The van der Waals surface area contributed by atoms with Crippen molar-refractivity contribution < 1.29 is 23.6 Å². The van der Waals surface area contributed by atoms with Gasteiger partial charge in [-0.3, -0.25) is 28.8 Å². The summed E-state index contributed by atoms with van der Waals surface area (Å²) >= 11 is 0. The van der Waals surface area contributed by atoms with Gasteiger partial charge in [0.05, 0.1) is 5.69 Å². The Labute approximate surface area is 266 Å². The number of rotatable bonds is 13. The Morgan fingerprint density at radius 2 is 1.71 bits per heavy atom. The van der Waals surface area contributed by atoms with E-state index in [4.69, 9.17) is 0 Å². The van der Waals surface area contributed by atoms with Crippen molar-refractivity contribution in [3.8, 4) is 0 Å². The average molecular weight is 625 g/mol. The van der Waals surface area contributed by atoms with Crippen LogP contribution in [0.3, 0.4) is 0 Å². The summed E-state index contributed by atoms with van der Waals surface area (Å²) in [4.78, 5) is 56.7. The van der Waals surface area contributed by atoms with E-state index in [0.29, 0.717) is 36.9 Å². The molecule has 10 nitrogen and oxygen atoms in total. The normalized spacial score (nSPS) is 17.6. The van der Waals surface area contributed by atoms with Gasteiger partial charge in [0.2, 0.25) is 17.7 Å². The number of aromatic nitrogens is 2. The molecule has 2 aliphatic rings. The largest absolute Gasteiger partial charge is 0.344 e. The molecule has 0 radical (unpaired) electrons. The first-order chi connectivity index (χ1) is 21.6. The van der Waals surface area contributed by atoms with Crippen LogP contribution in [0.15, 0.2) is 30.5 Å². The van der Waals surface area contributed by atoms with Gasteiger partial charge >= 0.3 is 0 Å². The van der Waals surface area contributed by atoms with Crippen LogP contribution in [0.5, 0.6) is 0 Å². The monoisotopic (exact) mass is 624 g/mol.